The maximum Gasteiger partial charge on any atom is 0.161 e. The third-order valence-corrected chi connectivity index (χ3v) is 3.36. The van der Waals surface area contributed by atoms with Gasteiger partial charge in [-0.2, -0.15) is 0 Å². The fourth-order valence-electron chi connectivity index (χ4n) is 1.94. The van der Waals surface area contributed by atoms with Gasteiger partial charge in [-0.15, -0.1) is 11.6 Å². The highest BCUT2D eigenvalue weighted by molar-refractivity contribution is 6.17. The summed E-state index contributed by atoms with van der Waals surface area (Å²) in [5.74, 6) is 3.24. The summed E-state index contributed by atoms with van der Waals surface area (Å²) in [5.41, 5.74) is 0.969. The number of aromatic nitrogens is 1. The van der Waals surface area contributed by atoms with Crippen LogP contribution in [-0.2, 0) is 6.61 Å². The number of hydrogen-bond acceptors (Lipinski definition) is 5. The Morgan fingerprint density at radius 3 is 2.39 bits per heavy atom. The molecule has 124 valence electrons. The van der Waals surface area contributed by atoms with Crippen LogP contribution in [0.15, 0.2) is 36.7 Å². The Bertz CT molecular complexity index is 621. The average Bonchev–Trinajstić information content (AvgIpc) is 2.60. The van der Waals surface area contributed by atoms with Crippen LogP contribution in [-0.4, -0.2) is 31.7 Å². The average molecular weight is 338 g/mol. The van der Waals surface area contributed by atoms with E-state index in [1.54, 1.807) is 26.6 Å². The van der Waals surface area contributed by atoms with E-state index in [1.807, 2.05) is 24.3 Å². The molecule has 2 aromatic rings. The molecular formula is C17H20ClNO4. The number of halogens is 1. The number of methoxy groups -OCH3 is 2. The van der Waals surface area contributed by atoms with Gasteiger partial charge in [-0.05, 0) is 24.1 Å². The largest absolute Gasteiger partial charge is 0.493 e. The van der Waals surface area contributed by atoms with Crippen LogP contribution in [0.4, 0.5) is 0 Å². The number of rotatable bonds is 9. The lowest BCUT2D eigenvalue weighted by Gasteiger charge is -2.11. The first-order valence-corrected chi connectivity index (χ1v) is 7.77. The lowest BCUT2D eigenvalue weighted by Crippen LogP contribution is -2.00. The van der Waals surface area contributed by atoms with Crippen molar-refractivity contribution in [2.45, 2.75) is 13.0 Å². The van der Waals surface area contributed by atoms with Gasteiger partial charge in [0.05, 0.1) is 33.2 Å². The molecule has 1 heterocycles. The first-order chi connectivity index (χ1) is 11.3. The van der Waals surface area contributed by atoms with Crippen molar-refractivity contribution in [3.63, 3.8) is 0 Å². The van der Waals surface area contributed by atoms with Gasteiger partial charge in [0.2, 0.25) is 0 Å². The molecule has 1 aromatic carbocycles. The molecule has 2 rings (SSSR count). The second kappa shape index (κ2) is 9.10. The Morgan fingerprint density at radius 2 is 1.70 bits per heavy atom. The standard InChI is InChI=1S/C17H20ClNO4/c1-20-16-5-4-13(8-17(16)21-2)12-23-15-9-14(10-19-11-15)22-7-3-6-18/h4-5,8-11H,3,6-7,12H2,1-2H3. The molecule has 1 aromatic heterocycles. The third-order valence-electron chi connectivity index (χ3n) is 3.09. The van der Waals surface area contributed by atoms with Gasteiger partial charge in [0.1, 0.15) is 18.1 Å². The van der Waals surface area contributed by atoms with Crippen molar-refractivity contribution in [1.82, 2.24) is 4.98 Å². The summed E-state index contributed by atoms with van der Waals surface area (Å²) in [7, 11) is 3.21. The van der Waals surface area contributed by atoms with E-state index >= 15 is 0 Å². The SMILES string of the molecule is COc1ccc(COc2cncc(OCCCCl)c2)cc1OC. The molecule has 0 aliphatic rings. The van der Waals surface area contributed by atoms with E-state index in [1.165, 1.54) is 0 Å². The number of nitrogens with zero attached hydrogens (tertiary/aromatic N) is 1. The first-order valence-electron chi connectivity index (χ1n) is 7.24. The van der Waals surface area contributed by atoms with Crippen molar-refractivity contribution in [1.29, 1.82) is 0 Å². The molecule has 0 spiro atoms. The van der Waals surface area contributed by atoms with Crippen LogP contribution in [0, 0.1) is 0 Å². The van der Waals surface area contributed by atoms with Crippen LogP contribution < -0.4 is 18.9 Å². The topological polar surface area (TPSA) is 49.8 Å². The number of hydrogen-bond donors (Lipinski definition) is 0. The van der Waals surface area contributed by atoms with Crippen molar-refractivity contribution < 1.29 is 18.9 Å². The Balaban J connectivity index is 1.96. The molecule has 0 fully saturated rings. The Morgan fingerprint density at radius 1 is 0.957 bits per heavy atom. The fourth-order valence-corrected chi connectivity index (χ4v) is 2.05. The summed E-state index contributed by atoms with van der Waals surface area (Å²) in [4.78, 5) is 4.11. The molecule has 0 N–H and O–H groups in total. The predicted octanol–water partition coefficient (Wildman–Crippen LogP) is 3.69. The number of benzene rings is 1. The van der Waals surface area contributed by atoms with E-state index in [0.29, 0.717) is 42.1 Å². The van der Waals surface area contributed by atoms with Gasteiger partial charge in [0.25, 0.3) is 0 Å². The van der Waals surface area contributed by atoms with E-state index in [2.05, 4.69) is 4.98 Å². The van der Waals surface area contributed by atoms with Crippen LogP contribution >= 0.6 is 11.6 Å². The van der Waals surface area contributed by atoms with E-state index < -0.39 is 0 Å². The van der Waals surface area contributed by atoms with Gasteiger partial charge in [-0.25, -0.2) is 0 Å². The molecule has 5 nitrogen and oxygen atoms in total. The van der Waals surface area contributed by atoms with Gasteiger partial charge in [0.15, 0.2) is 11.5 Å². The zero-order valence-corrected chi connectivity index (χ0v) is 14.0. The highest BCUT2D eigenvalue weighted by Crippen LogP contribution is 2.28. The molecule has 0 aliphatic carbocycles. The maximum absolute atomic E-state index is 5.75. The van der Waals surface area contributed by atoms with Crippen molar-refractivity contribution in [2.24, 2.45) is 0 Å². The minimum atomic E-state index is 0.396. The maximum atomic E-state index is 5.75. The Kier molecular flexibility index (Phi) is 6.81. The smallest absolute Gasteiger partial charge is 0.161 e. The molecule has 0 atom stereocenters. The van der Waals surface area contributed by atoms with Crippen LogP contribution in [0.5, 0.6) is 23.0 Å². The van der Waals surface area contributed by atoms with E-state index in [-0.39, 0.29) is 0 Å². The molecule has 0 unspecified atom stereocenters. The zero-order chi connectivity index (χ0) is 16.5. The molecule has 0 radical (unpaired) electrons. The van der Waals surface area contributed by atoms with Gasteiger partial charge in [-0.1, -0.05) is 6.07 Å². The molecule has 6 heteroatoms. The van der Waals surface area contributed by atoms with Gasteiger partial charge < -0.3 is 18.9 Å². The second-order valence-electron chi connectivity index (χ2n) is 4.73. The highest BCUT2D eigenvalue weighted by Gasteiger charge is 2.06. The molecule has 0 saturated heterocycles. The second-order valence-corrected chi connectivity index (χ2v) is 5.10. The van der Waals surface area contributed by atoms with Gasteiger partial charge in [-0.3, -0.25) is 4.98 Å². The van der Waals surface area contributed by atoms with Crippen molar-refractivity contribution >= 4 is 11.6 Å². The van der Waals surface area contributed by atoms with Gasteiger partial charge >= 0.3 is 0 Å². The van der Waals surface area contributed by atoms with Crippen LogP contribution in [0.25, 0.3) is 0 Å². The molecule has 0 aliphatic heterocycles. The van der Waals surface area contributed by atoms with Crippen LogP contribution in [0.3, 0.4) is 0 Å². The summed E-state index contributed by atoms with van der Waals surface area (Å²) in [6.45, 7) is 0.956. The molecule has 23 heavy (non-hydrogen) atoms. The van der Waals surface area contributed by atoms with E-state index in [4.69, 9.17) is 30.5 Å². The summed E-state index contributed by atoms with van der Waals surface area (Å²) >= 11 is 5.62. The van der Waals surface area contributed by atoms with Gasteiger partial charge in [0, 0.05) is 11.9 Å². The van der Waals surface area contributed by atoms with E-state index in [9.17, 15) is 0 Å². The molecule has 0 saturated carbocycles. The number of pyridine rings is 1. The normalized spacial score (nSPS) is 10.2. The summed E-state index contributed by atoms with van der Waals surface area (Å²) in [5, 5.41) is 0. The number of alkyl halides is 1. The summed E-state index contributed by atoms with van der Waals surface area (Å²) < 4.78 is 21.8. The lowest BCUT2D eigenvalue weighted by atomic mass is 10.2. The Labute approximate surface area is 141 Å². The first kappa shape index (κ1) is 17.2. The predicted molar refractivity (Wildman–Crippen MR) is 88.9 cm³/mol. The van der Waals surface area contributed by atoms with E-state index in [0.717, 1.165) is 12.0 Å². The van der Waals surface area contributed by atoms with Crippen molar-refractivity contribution in [3.8, 4) is 23.0 Å². The van der Waals surface area contributed by atoms with Crippen LogP contribution in [0.2, 0.25) is 0 Å². The summed E-state index contributed by atoms with van der Waals surface area (Å²) in [6.07, 6.45) is 4.09. The van der Waals surface area contributed by atoms with Crippen molar-refractivity contribution in [2.75, 3.05) is 26.7 Å². The fraction of sp³-hybridized carbons (Fsp3) is 0.353. The Hall–Kier alpha value is -2.14. The minimum Gasteiger partial charge on any atom is -0.493 e. The summed E-state index contributed by atoms with van der Waals surface area (Å²) in [6, 6.07) is 7.46. The molecule has 0 amide bonds. The zero-order valence-electron chi connectivity index (χ0n) is 13.3. The number of ether oxygens (including phenoxy) is 4. The highest BCUT2D eigenvalue weighted by atomic mass is 35.5. The third kappa shape index (κ3) is 5.21. The lowest BCUT2D eigenvalue weighted by molar-refractivity contribution is 0.291. The quantitative estimate of drug-likeness (QED) is 0.516. The molecule has 0 bridgehead atoms. The molecular weight excluding hydrogens is 318 g/mol. The monoisotopic (exact) mass is 337 g/mol. The minimum absolute atomic E-state index is 0.396. The van der Waals surface area contributed by atoms with Crippen LogP contribution in [0.1, 0.15) is 12.0 Å². The van der Waals surface area contributed by atoms with Crippen molar-refractivity contribution in [3.05, 3.63) is 42.2 Å².